The largest absolute Gasteiger partial charge is 0.388 e. The summed E-state index contributed by atoms with van der Waals surface area (Å²) in [6.45, 7) is 1.79. The topological polar surface area (TPSA) is 61.4 Å². The fraction of sp³-hybridized carbons (Fsp3) is 0.278. The van der Waals surface area contributed by atoms with Crippen LogP contribution in [-0.4, -0.2) is 11.1 Å². The highest BCUT2D eigenvalue weighted by molar-refractivity contribution is 6.40. The molecule has 132 valence electrons. The Balaban J connectivity index is 1.74. The summed E-state index contributed by atoms with van der Waals surface area (Å²) >= 11 is 12.6. The second-order valence-corrected chi connectivity index (χ2v) is 6.83. The van der Waals surface area contributed by atoms with E-state index in [2.05, 4.69) is 10.6 Å². The first-order valence-corrected chi connectivity index (χ1v) is 8.64. The van der Waals surface area contributed by atoms with Crippen molar-refractivity contribution in [1.29, 1.82) is 0 Å². The molecule has 1 aliphatic rings. The highest BCUT2D eigenvalue weighted by Gasteiger charge is 2.26. The van der Waals surface area contributed by atoms with Crippen molar-refractivity contribution in [2.45, 2.75) is 31.9 Å². The molecule has 0 saturated carbocycles. The highest BCUT2D eigenvalue weighted by Crippen LogP contribution is 2.43. The number of rotatable bonds is 3. The van der Waals surface area contributed by atoms with Crippen molar-refractivity contribution < 1.29 is 14.3 Å². The SMILES string of the molecule is C[C@@H](NC(=O)Nc1c(Cl)cc2c(c1Cl)CC[C@@H]2O)c1ccc(F)cc1. The fourth-order valence-corrected chi connectivity index (χ4v) is 3.62. The number of nitrogens with one attached hydrogen (secondary N) is 2. The smallest absolute Gasteiger partial charge is 0.319 e. The molecule has 0 radical (unpaired) electrons. The van der Waals surface area contributed by atoms with E-state index in [1.165, 1.54) is 12.1 Å². The average Bonchev–Trinajstić information content (AvgIpc) is 2.93. The van der Waals surface area contributed by atoms with Crippen LogP contribution in [0.25, 0.3) is 0 Å². The van der Waals surface area contributed by atoms with Crippen molar-refractivity contribution in [3.63, 3.8) is 0 Å². The van der Waals surface area contributed by atoms with Gasteiger partial charge >= 0.3 is 6.03 Å². The van der Waals surface area contributed by atoms with Crippen LogP contribution in [0.1, 0.15) is 42.2 Å². The van der Waals surface area contributed by atoms with E-state index in [1.807, 2.05) is 0 Å². The zero-order chi connectivity index (χ0) is 18.1. The Morgan fingerprint density at radius 2 is 2.00 bits per heavy atom. The van der Waals surface area contributed by atoms with Gasteiger partial charge in [-0.25, -0.2) is 9.18 Å². The van der Waals surface area contributed by atoms with Crippen molar-refractivity contribution in [3.05, 3.63) is 62.9 Å². The molecule has 2 amide bonds. The van der Waals surface area contributed by atoms with Gasteiger partial charge in [-0.3, -0.25) is 0 Å². The number of carbonyl (C=O) groups excluding carboxylic acids is 1. The van der Waals surface area contributed by atoms with Crippen LogP contribution in [-0.2, 0) is 6.42 Å². The number of aliphatic hydroxyl groups is 1. The van der Waals surface area contributed by atoms with Gasteiger partial charge in [0.15, 0.2) is 0 Å². The third-order valence-corrected chi connectivity index (χ3v) is 5.05. The Morgan fingerprint density at radius 3 is 2.68 bits per heavy atom. The Labute approximate surface area is 154 Å². The van der Waals surface area contributed by atoms with Crippen LogP contribution < -0.4 is 10.6 Å². The van der Waals surface area contributed by atoms with Crippen LogP contribution in [0.2, 0.25) is 10.0 Å². The second kappa shape index (κ2) is 7.20. The maximum atomic E-state index is 13.0. The molecule has 0 unspecified atom stereocenters. The number of anilines is 1. The molecule has 0 aliphatic heterocycles. The normalized spacial score (nSPS) is 17.1. The van der Waals surface area contributed by atoms with E-state index in [0.29, 0.717) is 29.1 Å². The molecule has 1 aliphatic carbocycles. The first-order valence-electron chi connectivity index (χ1n) is 7.88. The van der Waals surface area contributed by atoms with Gasteiger partial charge in [-0.05, 0) is 54.7 Å². The van der Waals surface area contributed by atoms with E-state index in [4.69, 9.17) is 23.2 Å². The van der Waals surface area contributed by atoms with Crippen LogP contribution in [0.5, 0.6) is 0 Å². The first-order chi connectivity index (χ1) is 11.9. The van der Waals surface area contributed by atoms with Crippen molar-refractivity contribution >= 4 is 34.9 Å². The van der Waals surface area contributed by atoms with Crippen LogP contribution in [0, 0.1) is 5.82 Å². The van der Waals surface area contributed by atoms with Gasteiger partial charge in [-0.1, -0.05) is 35.3 Å². The van der Waals surface area contributed by atoms with Gasteiger partial charge in [-0.15, -0.1) is 0 Å². The molecule has 2 atom stereocenters. The maximum absolute atomic E-state index is 13.0. The number of carbonyl (C=O) groups is 1. The van der Waals surface area contributed by atoms with E-state index in [1.54, 1.807) is 25.1 Å². The van der Waals surface area contributed by atoms with Gasteiger partial charge in [0.1, 0.15) is 5.82 Å². The van der Waals surface area contributed by atoms with Gasteiger partial charge in [0, 0.05) is 0 Å². The van der Waals surface area contributed by atoms with Gasteiger partial charge in [0.2, 0.25) is 0 Å². The first kappa shape index (κ1) is 18.0. The molecule has 0 heterocycles. The third kappa shape index (κ3) is 3.73. The summed E-state index contributed by atoms with van der Waals surface area (Å²) in [6, 6.07) is 6.73. The molecule has 0 bridgehead atoms. The van der Waals surface area contributed by atoms with Crippen LogP contribution in [0.3, 0.4) is 0 Å². The molecule has 7 heteroatoms. The summed E-state index contributed by atoms with van der Waals surface area (Å²) in [5.74, 6) is -0.334. The zero-order valence-corrected chi connectivity index (χ0v) is 15.0. The maximum Gasteiger partial charge on any atom is 0.319 e. The predicted octanol–water partition coefficient (Wildman–Crippen LogP) is 4.99. The molecule has 3 rings (SSSR count). The lowest BCUT2D eigenvalue weighted by atomic mass is 10.1. The Bertz CT molecular complexity index is 812. The molecule has 0 fully saturated rings. The van der Waals surface area contributed by atoms with Gasteiger partial charge < -0.3 is 15.7 Å². The predicted molar refractivity (Wildman–Crippen MR) is 96.7 cm³/mol. The van der Waals surface area contributed by atoms with E-state index >= 15 is 0 Å². The third-order valence-electron chi connectivity index (χ3n) is 4.34. The molecule has 4 nitrogen and oxygen atoms in total. The van der Waals surface area contributed by atoms with E-state index < -0.39 is 12.1 Å². The van der Waals surface area contributed by atoms with Gasteiger partial charge in [-0.2, -0.15) is 0 Å². The number of fused-ring (bicyclic) bond motifs is 1. The molecular weight excluding hydrogens is 366 g/mol. The monoisotopic (exact) mass is 382 g/mol. The minimum Gasteiger partial charge on any atom is -0.388 e. The number of halogens is 3. The van der Waals surface area contributed by atoms with Crippen molar-refractivity contribution in [2.75, 3.05) is 5.32 Å². The molecule has 2 aromatic carbocycles. The molecular formula is C18H17Cl2FN2O2. The van der Waals surface area contributed by atoms with E-state index in [0.717, 1.165) is 11.1 Å². The van der Waals surface area contributed by atoms with Crippen LogP contribution in [0.4, 0.5) is 14.9 Å². The number of amides is 2. The highest BCUT2D eigenvalue weighted by atomic mass is 35.5. The second-order valence-electron chi connectivity index (χ2n) is 6.04. The van der Waals surface area contributed by atoms with Crippen molar-refractivity contribution in [3.8, 4) is 0 Å². The molecule has 0 spiro atoms. The molecule has 25 heavy (non-hydrogen) atoms. The quantitative estimate of drug-likeness (QED) is 0.699. The number of benzene rings is 2. The lowest BCUT2D eigenvalue weighted by Gasteiger charge is -2.17. The Morgan fingerprint density at radius 1 is 1.32 bits per heavy atom. The molecule has 0 aromatic heterocycles. The summed E-state index contributed by atoms with van der Waals surface area (Å²) in [6.07, 6.45) is 0.642. The number of hydrogen-bond donors (Lipinski definition) is 3. The summed E-state index contributed by atoms with van der Waals surface area (Å²) in [5.41, 5.74) is 2.60. The standard InChI is InChI=1S/C18H17Cl2FN2O2/c1-9(10-2-4-11(21)5-3-10)22-18(25)23-17-14(19)8-13-12(16(17)20)6-7-15(13)24/h2-5,8-9,15,24H,6-7H2,1H3,(H2,22,23,25)/t9-,15+/m1/s1. The average molecular weight is 383 g/mol. The van der Waals surface area contributed by atoms with E-state index in [9.17, 15) is 14.3 Å². The minimum atomic E-state index is -0.577. The van der Waals surface area contributed by atoms with E-state index in [-0.39, 0.29) is 16.9 Å². The van der Waals surface area contributed by atoms with Crippen molar-refractivity contribution in [1.82, 2.24) is 5.32 Å². The fourth-order valence-electron chi connectivity index (χ4n) is 2.96. The summed E-state index contributed by atoms with van der Waals surface area (Å²) in [7, 11) is 0. The molecule has 3 N–H and O–H groups in total. The number of aliphatic hydroxyl groups excluding tert-OH is 1. The zero-order valence-electron chi connectivity index (χ0n) is 13.4. The molecule has 2 aromatic rings. The Kier molecular flexibility index (Phi) is 5.18. The van der Waals surface area contributed by atoms with Gasteiger partial charge in [0.05, 0.1) is 27.9 Å². The minimum absolute atomic E-state index is 0.272. The van der Waals surface area contributed by atoms with Gasteiger partial charge in [0.25, 0.3) is 0 Å². The lowest BCUT2D eigenvalue weighted by Crippen LogP contribution is -2.31. The summed E-state index contributed by atoms with van der Waals surface area (Å²) in [5, 5.41) is 16.0. The number of hydrogen-bond acceptors (Lipinski definition) is 2. The number of urea groups is 1. The molecule has 0 saturated heterocycles. The summed E-state index contributed by atoms with van der Waals surface area (Å²) < 4.78 is 13.0. The van der Waals surface area contributed by atoms with Crippen LogP contribution in [0.15, 0.2) is 30.3 Å². The van der Waals surface area contributed by atoms with Crippen molar-refractivity contribution in [2.24, 2.45) is 0 Å². The Hall–Kier alpha value is -1.82. The van der Waals surface area contributed by atoms with Crippen LogP contribution >= 0.6 is 23.2 Å². The lowest BCUT2D eigenvalue weighted by molar-refractivity contribution is 0.180. The summed E-state index contributed by atoms with van der Waals surface area (Å²) in [4.78, 5) is 12.3.